The first-order chi connectivity index (χ1) is 11.0. The van der Waals surface area contributed by atoms with Crippen LogP contribution >= 0.6 is 15.9 Å². The standard InChI is InChI=1S/C17H16BrN3O2/c1-11(22)21-6-4-13-8-14(18)9-15(17(13)21)20-16(23)7-12-3-2-5-19-10-12/h2-3,5,8-10H,4,6-7H2,1H3,(H,20,23). The van der Waals surface area contributed by atoms with Gasteiger partial charge in [-0.1, -0.05) is 22.0 Å². The molecule has 0 fully saturated rings. The number of fused-ring (bicyclic) bond motifs is 1. The van der Waals surface area contributed by atoms with Crippen molar-refractivity contribution < 1.29 is 9.59 Å². The van der Waals surface area contributed by atoms with Crippen LogP contribution < -0.4 is 10.2 Å². The number of halogens is 1. The first-order valence-corrected chi connectivity index (χ1v) is 8.13. The maximum Gasteiger partial charge on any atom is 0.228 e. The molecule has 0 atom stereocenters. The van der Waals surface area contributed by atoms with Gasteiger partial charge in [0.1, 0.15) is 0 Å². The van der Waals surface area contributed by atoms with Crippen molar-refractivity contribution in [3.8, 4) is 0 Å². The number of pyridine rings is 1. The van der Waals surface area contributed by atoms with Crippen molar-refractivity contribution in [2.45, 2.75) is 19.8 Å². The fourth-order valence-corrected chi connectivity index (χ4v) is 3.31. The Morgan fingerprint density at radius 1 is 1.39 bits per heavy atom. The lowest BCUT2D eigenvalue weighted by atomic mass is 10.1. The zero-order chi connectivity index (χ0) is 16.4. The molecule has 23 heavy (non-hydrogen) atoms. The van der Waals surface area contributed by atoms with Gasteiger partial charge in [0.15, 0.2) is 0 Å². The van der Waals surface area contributed by atoms with E-state index in [9.17, 15) is 9.59 Å². The largest absolute Gasteiger partial charge is 0.324 e. The molecule has 1 aromatic heterocycles. The molecule has 2 amide bonds. The summed E-state index contributed by atoms with van der Waals surface area (Å²) in [5.41, 5.74) is 3.38. The third-order valence-electron chi connectivity index (χ3n) is 3.77. The van der Waals surface area contributed by atoms with Crippen LogP contribution in [0.2, 0.25) is 0 Å². The highest BCUT2D eigenvalue weighted by Gasteiger charge is 2.26. The predicted molar refractivity (Wildman–Crippen MR) is 92.4 cm³/mol. The minimum Gasteiger partial charge on any atom is -0.324 e. The van der Waals surface area contributed by atoms with Gasteiger partial charge in [-0.2, -0.15) is 0 Å². The molecule has 6 heteroatoms. The quantitative estimate of drug-likeness (QED) is 0.899. The molecule has 0 spiro atoms. The second-order valence-corrected chi connectivity index (χ2v) is 6.38. The fourth-order valence-electron chi connectivity index (χ4n) is 2.80. The number of amides is 2. The highest BCUT2D eigenvalue weighted by atomic mass is 79.9. The van der Waals surface area contributed by atoms with Crippen LogP contribution in [0.1, 0.15) is 18.1 Å². The van der Waals surface area contributed by atoms with E-state index in [1.165, 1.54) is 0 Å². The van der Waals surface area contributed by atoms with Gasteiger partial charge >= 0.3 is 0 Å². The summed E-state index contributed by atoms with van der Waals surface area (Å²) in [5, 5.41) is 2.93. The minimum absolute atomic E-state index is 0.0196. The number of nitrogens with one attached hydrogen (secondary N) is 1. The summed E-state index contributed by atoms with van der Waals surface area (Å²) >= 11 is 3.46. The maximum atomic E-state index is 12.3. The second kappa shape index (κ2) is 6.50. The molecule has 5 nitrogen and oxygen atoms in total. The summed E-state index contributed by atoms with van der Waals surface area (Å²) in [5.74, 6) is -0.150. The molecule has 0 aliphatic carbocycles. The molecule has 1 aromatic carbocycles. The van der Waals surface area contributed by atoms with Crippen molar-refractivity contribution in [2.24, 2.45) is 0 Å². The van der Waals surface area contributed by atoms with E-state index in [0.29, 0.717) is 12.2 Å². The van der Waals surface area contributed by atoms with Crippen molar-refractivity contribution in [3.63, 3.8) is 0 Å². The summed E-state index contributed by atoms with van der Waals surface area (Å²) in [4.78, 5) is 29.8. The average molecular weight is 374 g/mol. The van der Waals surface area contributed by atoms with Gasteiger partial charge in [0.05, 0.1) is 17.8 Å². The summed E-state index contributed by atoms with van der Waals surface area (Å²) in [6.45, 7) is 2.19. The van der Waals surface area contributed by atoms with E-state index in [1.807, 2.05) is 18.2 Å². The molecule has 3 rings (SSSR count). The summed E-state index contributed by atoms with van der Waals surface area (Å²) in [6, 6.07) is 7.49. The van der Waals surface area contributed by atoms with Crippen LogP contribution in [0.4, 0.5) is 11.4 Å². The van der Waals surface area contributed by atoms with Gasteiger partial charge in [0.2, 0.25) is 11.8 Å². The summed E-state index contributed by atoms with van der Waals surface area (Å²) in [6.07, 6.45) is 4.38. The van der Waals surface area contributed by atoms with E-state index in [4.69, 9.17) is 0 Å². The van der Waals surface area contributed by atoms with Crippen LogP contribution in [0.5, 0.6) is 0 Å². The molecule has 1 N–H and O–H groups in total. The number of hydrogen-bond acceptors (Lipinski definition) is 3. The topological polar surface area (TPSA) is 62.3 Å². The third kappa shape index (κ3) is 3.42. The normalized spacial score (nSPS) is 12.9. The lowest BCUT2D eigenvalue weighted by Crippen LogP contribution is -2.27. The van der Waals surface area contributed by atoms with Gasteiger partial charge in [-0.15, -0.1) is 0 Å². The van der Waals surface area contributed by atoms with E-state index in [1.54, 1.807) is 30.3 Å². The number of aromatic nitrogens is 1. The Hall–Kier alpha value is -2.21. The Labute approximate surface area is 142 Å². The second-order valence-electron chi connectivity index (χ2n) is 5.47. The monoisotopic (exact) mass is 373 g/mol. The number of carbonyl (C=O) groups is 2. The zero-order valence-corrected chi connectivity index (χ0v) is 14.3. The van der Waals surface area contributed by atoms with Crippen molar-refractivity contribution in [1.82, 2.24) is 4.98 Å². The predicted octanol–water partition coefficient (Wildman–Crippen LogP) is 2.93. The molecule has 0 radical (unpaired) electrons. The molecule has 0 unspecified atom stereocenters. The van der Waals surface area contributed by atoms with Crippen molar-refractivity contribution >= 4 is 39.1 Å². The van der Waals surface area contributed by atoms with Crippen molar-refractivity contribution in [3.05, 3.63) is 52.3 Å². The Bertz CT molecular complexity index is 762. The molecule has 0 saturated heterocycles. The highest BCUT2D eigenvalue weighted by molar-refractivity contribution is 9.10. The zero-order valence-electron chi connectivity index (χ0n) is 12.7. The van der Waals surface area contributed by atoms with Crippen LogP contribution in [0.15, 0.2) is 41.1 Å². The Morgan fingerprint density at radius 3 is 2.91 bits per heavy atom. The number of benzene rings is 1. The lowest BCUT2D eigenvalue weighted by Gasteiger charge is -2.19. The fraction of sp³-hybridized carbons (Fsp3) is 0.235. The van der Waals surface area contributed by atoms with Crippen LogP contribution in [-0.2, 0) is 22.4 Å². The molecular weight excluding hydrogens is 358 g/mol. The van der Waals surface area contributed by atoms with E-state index < -0.39 is 0 Å². The highest BCUT2D eigenvalue weighted by Crippen LogP contribution is 2.38. The van der Waals surface area contributed by atoms with Crippen LogP contribution in [0, 0.1) is 0 Å². The van der Waals surface area contributed by atoms with Crippen molar-refractivity contribution in [2.75, 3.05) is 16.8 Å². The van der Waals surface area contributed by atoms with E-state index in [0.717, 1.165) is 27.7 Å². The van der Waals surface area contributed by atoms with Crippen molar-refractivity contribution in [1.29, 1.82) is 0 Å². The number of nitrogens with zero attached hydrogens (tertiary/aromatic N) is 2. The molecule has 118 valence electrons. The van der Waals surface area contributed by atoms with E-state index in [2.05, 4.69) is 26.2 Å². The summed E-state index contributed by atoms with van der Waals surface area (Å²) < 4.78 is 0.887. The van der Waals surface area contributed by atoms with E-state index in [-0.39, 0.29) is 18.2 Å². The lowest BCUT2D eigenvalue weighted by molar-refractivity contribution is -0.117. The number of hydrogen-bond donors (Lipinski definition) is 1. The Balaban J connectivity index is 1.85. The van der Waals surface area contributed by atoms with Crippen LogP contribution in [-0.4, -0.2) is 23.3 Å². The average Bonchev–Trinajstić information content (AvgIpc) is 2.92. The molecule has 1 aliphatic rings. The third-order valence-corrected chi connectivity index (χ3v) is 4.23. The SMILES string of the molecule is CC(=O)N1CCc2cc(Br)cc(NC(=O)Cc3cccnc3)c21. The van der Waals surface area contributed by atoms with Gasteiger partial charge in [0, 0.05) is 30.3 Å². The minimum atomic E-state index is -0.131. The molecular formula is C17H16BrN3O2. The first-order valence-electron chi connectivity index (χ1n) is 7.34. The first kappa shape index (κ1) is 15.7. The molecule has 0 bridgehead atoms. The number of rotatable bonds is 3. The van der Waals surface area contributed by atoms with Gasteiger partial charge in [0.25, 0.3) is 0 Å². The summed E-state index contributed by atoms with van der Waals surface area (Å²) in [7, 11) is 0. The number of anilines is 2. The van der Waals surface area contributed by atoms with Gasteiger partial charge in [-0.3, -0.25) is 14.6 Å². The maximum absolute atomic E-state index is 12.3. The Kier molecular flexibility index (Phi) is 4.43. The van der Waals surface area contributed by atoms with Crippen LogP contribution in [0.25, 0.3) is 0 Å². The van der Waals surface area contributed by atoms with Gasteiger partial charge in [-0.25, -0.2) is 0 Å². The van der Waals surface area contributed by atoms with Gasteiger partial charge < -0.3 is 10.2 Å². The molecule has 2 heterocycles. The van der Waals surface area contributed by atoms with Crippen LogP contribution in [0.3, 0.4) is 0 Å². The number of carbonyl (C=O) groups excluding carboxylic acids is 2. The smallest absolute Gasteiger partial charge is 0.228 e. The molecule has 2 aromatic rings. The molecule has 0 saturated carbocycles. The van der Waals surface area contributed by atoms with Gasteiger partial charge in [-0.05, 0) is 35.7 Å². The van der Waals surface area contributed by atoms with E-state index >= 15 is 0 Å². The molecule has 1 aliphatic heterocycles. The Morgan fingerprint density at radius 2 is 2.22 bits per heavy atom.